The Bertz CT molecular complexity index is 878. The fourth-order valence-corrected chi connectivity index (χ4v) is 3.23. The van der Waals surface area contributed by atoms with Crippen molar-refractivity contribution in [1.29, 1.82) is 0 Å². The maximum Gasteiger partial charge on any atom is 0.345 e. The van der Waals surface area contributed by atoms with Crippen LogP contribution in [-0.2, 0) is 0 Å². The molecule has 108 valence electrons. The first-order valence-corrected chi connectivity index (χ1v) is 7.68. The van der Waals surface area contributed by atoms with Gasteiger partial charge in [0.05, 0.1) is 15.0 Å². The maximum atomic E-state index is 12.2. The van der Waals surface area contributed by atoms with Gasteiger partial charge in [-0.15, -0.1) is 11.3 Å². The molecule has 0 spiro atoms. The van der Waals surface area contributed by atoms with Crippen molar-refractivity contribution < 1.29 is 9.21 Å². The Morgan fingerprint density at radius 1 is 1.33 bits per heavy atom. The molecule has 0 aliphatic heterocycles. The second kappa shape index (κ2) is 5.33. The number of nitrogens with one attached hydrogen (secondary N) is 1. The van der Waals surface area contributed by atoms with E-state index in [0.717, 1.165) is 16.5 Å². The third-order valence-electron chi connectivity index (χ3n) is 3.50. The lowest BCUT2D eigenvalue weighted by molar-refractivity contribution is 0.0943. The van der Waals surface area contributed by atoms with Crippen LogP contribution in [0.3, 0.4) is 0 Å². The number of carbonyl (C=O) groups excluding carboxylic acids is 1. The predicted molar refractivity (Wildman–Crippen MR) is 85.1 cm³/mol. The van der Waals surface area contributed by atoms with Crippen LogP contribution in [0.1, 0.15) is 29.9 Å². The highest BCUT2D eigenvalue weighted by Crippen LogP contribution is 2.30. The SMILES string of the molecule is CC[C@@H](C)NC(=O)c1cc2c(=O)oc3ccccc3c2s1. The summed E-state index contributed by atoms with van der Waals surface area (Å²) in [6, 6.07) is 9.09. The molecular formula is C16H15NO3S. The molecule has 1 N–H and O–H groups in total. The summed E-state index contributed by atoms with van der Waals surface area (Å²) in [5.74, 6) is -0.144. The zero-order valence-electron chi connectivity index (χ0n) is 11.8. The maximum absolute atomic E-state index is 12.2. The Labute approximate surface area is 125 Å². The summed E-state index contributed by atoms with van der Waals surface area (Å²) in [5.41, 5.74) is 0.147. The van der Waals surface area contributed by atoms with Gasteiger partial charge in [-0.2, -0.15) is 0 Å². The minimum Gasteiger partial charge on any atom is -0.422 e. The summed E-state index contributed by atoms with van der Waals surface area (Å²) in [4.78, 5) is 24.7. The number of carbonyl (C=O) groups is 1. The molecule has 1 atom stereocenters. The molecule has 0 bridgehead atoms. The number of hydrogen-bond acceptors (Lipinski definition) is 4. The van der Waals surface area contributed by atoms with E-state index in [0.29, 0.717) is 15.8 Å². The second-order valence-electron chi connectivity index (χ2n) is 5.02. The van der Waals surface area contributed by atoms with Crippen LogP contribution in [0.2, 0.25) is 0 Å². The average Bonchev–Trinajstić information content (AvgIpc) is 2.93. The van der Waals surface area contributed by atoms with Crippen LogP contribution in [-0.4, -0.2) is 11.9 Å². The van der Waals surface area contributed by atoms with E-state index in [1.54, 1.807) is 12.1 Å². The van der Waals surface area contributed by atoms with Gasteiger partial charge in [-0.25, -0.2) is 4.79 Å². The Balaban J connectivity index is 2.15. The molecule has 0 radical (unpaired) electrons. The molecule has 5 heteroatoms. The van der Waals surface area contributed by atoms with Crippen molar-refractivity contribution in [3.8, 4) is 0 Å². The summed E-state index contributed by atoms with van der Waals surface area (Å²) >= 11 is 1.33. The van der Waals surface area contributed by atoms with Crippen molar-refractivity contribution >= 4 is 38.3 Å². The van der Waals surface area contributed by atoms with E-state index in [1.807, 2.05) is 32.0 Å². The van der Waals surface area contributed by atoms with Gasteiger partial charge in [-0.1, -0.05) is 19.1 Å². The Hall–Kier alpha value is -2.14. The molecule has 3 aromatic rings. The minimum absolute atomic E-state index is 0.107. The number of amides is 1. The fourth-order valence-electron chi connectivity index (χ4n) is 2.15. The van der Waals surface area contributed by atoms with Gasteiger partial charge in [0.25, 0.3) is 5.91 Å². The molecule has 2 aromatic heterocycles. The van der Waals surface area contributed by atoms with Crippen LogP contribution >= 0.6 is 11.3 Å². The van der Waals surface area contributed by atoms with Gasteiger partial charge < -0.3 is 9.73 Å². The van der Waals surface area contributed by atoms with Crippen LogP contribution in [0.4, 0.5) is 0 Å². The van der Waals surface area contributed by atoms with Crippen LogP contribution in [0.15, 0.2) is 39.5 Å². The van der Waals surface area contributed by atoms with Crippen molar-refractivity contribution in [2.45, 2.75) is 26.3 Å². The third-order valence-corrected chi connectivity index (χ3v) is 4.67. The van der Waals surface area contributed by atoms with Crippen molar-refractivity contribution in [2.24, 2.45) is 0 Å². The topological polar surface area (TPSA) is 59.3 Å². The number of fused-ring (bicyclic) bond motifs is 3. The van der Waals surface area contributed by atoms with Crippen molar-refractivity contribution in [1.82, 2.24) is 5.32 Å². The van der Waals surface area contributed by atoms with Crippen LogP contribution in [0.25, 0.3) is 21.1 Å². The molecule has 0 aliphatic carbocycles. The van der Waals surface area contributed by atoms with E-state index in [-0.39, 0.29) is 11.9 Å². The number of hydrogen-bond donors (Lipinski definition) is 1. The zero-order valence-corrected chi connectivity index (χ0v) is 12.6. The van der Waals surface area contributed by atoms with Gasteiger partial charge in [0, 0.05) is 11.4 Å². The molecule has 0 fully saturated rings. The molecule has 4 nitrogen and oxygen atoms in total. The molecule has 1 amide bonds. The molecule has 21 heavy (non-hydrogen) atoms. The standard InChI is InChI=1S/C16H15NO3S/c1-3-9(2)17-15(18)13-8-11-14(21-13)10-6-4-5-7-12(10)20-16(11)19/h4-9H,3H2,1-2H3,(H,17,18)/t9-/m1/s1. The lowest BCUT2D eigenvalue weighted by Gasteiger charge is -2.09. The summed E-state index contributed by atoms with van der Waals surface area (Å²) in [6.07, 6.45) is 0.863. The highest BCUT2D eigenvalue weighted by Gasteiger charge is 2.16. The van der Waals surface area contributed by atoms with E-state index < -0.39 is 5.63 Å². The summed E-state index contributed by atoms with van der Waals surface area (Å²) in [5, 5.41) is 4.24. The molecule has 0 saturated heterocycles. The van der Waals surface area contributed by atoms with E-state index >= 15 is 0 Å². The van der Waals surface area contributed by atoms with E-state index in [4.69, 9.17) is 4.42 Å². The van der Waals surface area contributed by atoms with Gasteiger partial charge >= 0.3 is 5.63 Å². The number of rotatable bonds is 3. The summed E-state index contributed by atoms with van der Waals surface area (Å²) in [7, 11) is 0. The summed E-state index contributed by atoms with van der Waals surface area (Å²) in [6.45, 7) is 3.97. The molecule has 0 saturated carbocycles. The average molecular weight is 301 g/mol. The van der Waals surface area contributed by atoms with Gasteiger partial charge in [-0.05, 0) is 31.5 Å². The smallest absolute Gasteiger partial charge is 0.345 e. The minimum atomic E-state index is -0.400. The zero-order chi connectivity index (χ0) is 15.0. The molecule has 0 unspecified atom stereocenters. The van der Waals surface area contributed by atoms with Gasteiger partial charge in [-0.3, -0.25) is 4.79 Å². The van der Waals surface area contributed by atoms with Gasteiger partial charge in [0.1, 0.15) is 5.58 Å². The summed E-state index contributed by atoms with van der Waals surface area (Å²) < 4.78 is 6.09. The first kappa shape index (κ1) is 13.8. The Morgan fingerprint density at radius 2 is 2.10 bits per heavy atom. The molecule has 0 aliphatic rings. The number of thiophene rings is 1. The van der Waals surface area contributed by atoms with Gasteiger partial charge in [0.15, 0.2) is 0 Å². The Morgan fingerprint density at radius 3 is 2.86 bits per heavy atom. The third kappa shape index (κ3) is 2.45. The van der Waals surface area contributed by atoms with Gasteiger partial charge in [0.2, 0.25) is 0 Å². The number of para-hydroxylation sites is 1. The van der Waals surface area contributed by atoms with Crippen molar-refractivity contribution in [3.63, 3.8) is 0 Å². The monoisotopic (exact) mass is 301 g/mol. The highest BCUT2D eigenvalue weighted by atomic mass is 32.1. The predicted octanol–water partition coefficient (Wildman–Crippen LogP) is 3.54. The highest BCUT2D eigenvalue weighted by molar-refractivity contribution is 7.21. The molecule has 1 aromatic carbocycles. The largest absolute Gasteiger partial charge is 0.422 e. The van der Waals surface area contributed by atoms with E-state index in [2.05, 4.69) is 5.32 Å². The number of benzene rings is 1. The normalized spacial score (nSPS) is 12.7. The first-order valence-electron chi connectivity index (χ1n) is 6.86. The van der Waals surface area contributed by atoms with Crippen LogP contribution < -0.4 is 10.9 Å². The fraction of sp³-hybridized carbons (Fsp3) is 0.250. The van der Waals surface area contributed by atoms with Crippen molar-refractivity contribution in [2.75, 3.05) is 0 Å². The molecule has 3 rings (SSSR count). The second-order valence-corrected chi connectivity index (χ2v) is 6.07. The van der Waals surface area contributed by atoms with E-state index in [1.165, 1.54) is 11.3 Å². The quantitative estimate of drug-likeness (QED) is 0.753. The molecular weight excluding hydrogens is 286 g/mol. The van der Waals surface area contributed by atoms with Crippen molar-refractivity contribution in [3.05, 3.63) is 45.6 Å². The first-order chi connectivity index (χ1) is 10.1. The molecule has 2 heterocycles. The van der Waals surface area contributed by atoms with Crippen LogP contribution in [0, 0.1) is 0 Å². The van der Waals surface area contributed by atoms with E-state index in [9.17, 15) is 9.59 Å². The lowest BCUT2D eigenvalue weighted by atomic mass is 10.2. The van der Waals surface area contributed by atoms with Crippen LogP contribution in [0.5, 0.6) is 0 Å². The Kier molecular flexibility index (Phi) is 3.51. The lowest BCUT2D eigenvalue weighted by Crippen LogP contribution is -2.31.